The van der Waals surface area contributed by atoms with Crippen molar-refractivity contribution in [3.05, 3.63) is 46.9 Å². The van der Waals surface area contributed by atoms with Gasteiger partial charge in [0.25, 0.3) is 0 Å². The summed E-state index contributed by atoms with van der Waals surface area (Å²) in [4.78, 5) is 23.0. The van der Waals surface area contributed by atoms with E-state index in [2.05, 4.69) is 15.9 Å². The molecule has 2 aromatic rings. The van der Waals surface area contributed by atoms with E-state index in [1.54, 1.807) is 71.9 Å². The molecule has 0 saturated heterocycles. The average molecular weight is 467 g/mol. The van der Waals surface area contributed by atoms with E-state index < -0.39 is 10.8 Å². The number of aromatic hydroxyl groups is 2. The summed E-state index contributed by atoms with van der Waals surface area (Å²) < 4.78 is 10.8. The summed E-state index contributed by atoms with van der Waals surface area (Å²) in [6.45, 7) is 10.5. The van der Waals surface area contributed by atoms with Crippen molar-refractivity contribution in [3.63, 3.8) is 0 Å². The van der Waals surface area contributed by atoms with Gasteiger partial charge in [-0.1, -0.05) is 28.1 Å². The third kappa shape index (κ3) is 8.15. The fraction of sp³-hybridized carbons (Fsp3) is 0.364. The first-order valence-electron chi connectivity index (χ1n) is 8.93. The summed E-state index contributed by atoms with van der Waals surface area (Å²) in [7, 11) is 0. The standard InChI is InChI=1S/C11H13BrO3.C11H14O3/c1-11(2,3)10(14)15-9-6-7(12)4-5-8(9)13;1-11(2,3)10(13)14-9-7-5-4-6-8(9)12/h4-6,13H,1-3H3;4-7,12H,1-3H3. The molecule has 29 heavy (non-hydrogen) atoms. The number of hydrogen-bond acceptors (Lipinski definition) is 6. The molecule has 2 rings (SSSR count). The van der Waals surface area contributed by atoms with Crippen molar-refractivity contribution in [2.24, 2.45) is 10.8 Å². The normalized spacial score (nSPS) is 11.1. The van der Waals surface area contributed by atoms with Crippen molar-refractivity contribution in [1.82, 2.24) is 0 Å². The number of esters is 2. The summed E-state index contributed by atoms with van der Waals surface area (Å²) in [6.07, 6.45) is 0. The van der Waals surface area contributed by atoms with Crippen molar-refractivity contribution in [2.75, 3.05) is 0 Å². The van der Waals surface area contributed by atoms with Crippen LogP contribution in [0.2, 0.25) is 0 Å². The summed E-state index contributed by atoms with van der Waals surface area (Å²) in [6, 6.07) is 11.1. The molecule has 0 aromatic heterocycles. The highest BCUT2D eigenvalue weighted by Crippen LogP contribution is 2.31. The second kappa shape index (κ2) is 9.78. The van der Waals surface area contributed by atoms with Crippen LogP contribution < -0.4 is 9.47 Å². The van der Waals surface area contributed by atoms with Gasteiger partial charge < -0.3 is 19.7 Å². The minimum atomic E-state index is -0.589. The van der Waals surface area contributed by atoms with Crippen molar-refractivity contribution in [2.45, 2.75) is 41.5 Å². The third-order valence-electron chi connectivity index (χ3n) is 3.42. The first-order valence-corrected chi connectivity index (χ1v) is 9.72. The van der Waals surface area contributed by atoms with Crippen LogP contribution in [0, 0.1) is 10.8 Å². The van der Waals surface area contributed by atoms with Gasteiger partial charge in [-0.15, -0.1) is 0 Å². The Hall–Kier alpha value is -2.54. The highest BCUT2D eigenvalue weighted by molar-refractivity contribution is 9.10. The lowest BCUT2D eigenvalue weighted by Gasteiger charge is -2.16. The van der Waals surface area contributed by atoms with Gasteiger partial charge in [0.2, 0.25) is 0 Å². The van der Waals surface area contributed by atoms with E-state index in [4.69, 9.17) is 9.47 Å². The average Bonchev–Trinajstić information content (AvgIpc) is 2.59. The van der Waals surface area contributed by atoms with Crippen LogP contribution in [-0.4, -0.2) is 22.2 Å². The maximum atomic E-state index is 11.5. The highest BCUT2D eigenvalue weighted by atomic mass is 79.9. The number of benzene rings is 2. The number of ether oxygens (including phenoxy) is 2. The molecule has 0 aliphatic carbocycles. The zero-order valence-electron chi connectivity index (χ0n) is 17.4. The zero-order valence-corrected chi connectivity index (χ0v) is 19.0. The van der Waals surface area contributed by atoms with Gasteiger partial charge in [0, 0.05) is 4.47 Å². The molecule has 6 nitrogen and oxygen atoms in total. The SMILES string of the molecule is CC(C)(C)C(=O)Oc1cc(Br)ccc1O.CC(C)(C)C(=O)Oc1ccccc1O. The molecule has 0 atom stereocenters. The van der Waals surface area contributed by atoms with E-state index in [0.717, 1.165) is 4.47 Å². The molecule has 0 amide bonds. The molecule has 158 valence electrons. The van der Waals surface area contributed by atoms with Crippen LogP contribution in [-0.2, 0) is 9.59 Å². The summed E-state index contributed by atoms with van der Waals surface area (Å²) in [5, 5.41) is 18.8. The Kier molecular flexibility index (Phi) is 8.26. The monoisotopic (exact) mass is 466 g/mol. The van der Waals surface area contributed by atoms with Gasteiger partial charge in [0.05, 0.1) is 10.8 Å². The van der Waals surface area contributed by atoms with Crippen LogP contribution in [0.1, 0.15) is 41.5 Å². The molecule has 0 saturated carbocycles. The minimum absolute atomic E-state index is 0.0231. The quantitative estimate of drug-likeness (QED) is 0.451. The fourth-order valence-electron chi connectivity index (χ4n) is 1.62. The lowest BCUT2D eigenvalue weighted by Crippen LogP contribution is -2.25. The number of rotatable bonds is 2. The molecule has 0 radical (unpaired) electrons. The summed E-state index contributed by atoms with van der Waals surface area (Å²) in [5.41, 5.74) is -1.16. The highest BCUT2D eigenvalue weighted by Gasteiger charge is 2.25. The van der Waals surface area contributed by atoms with Crippen LogP contribution in [0.15, 0.2) is 46.9 Å². The van der Waals surface area contributed by atoms with Crippen molar-refractivity contribution >= 4 is 27.9 Å². The Morgan fingerprint density at radius 2 is 1.21 bits per heavy atom. The van der Waals surface area contributed by atoms with Gasteiger partial charge in [-0.05, 0) is 71.9 Å². The van der Waals surface area contributed by atoms with E-state index in [1.165, 1.54) is 12.1 Å². The molecule has 0 bridgehead atoms. The molecule has 0 aliphatic heterocycles. The number of phenolic OH excluding ortho intramolecular Hbond substituents is 2. The Balaban J connectivity index is 0.000000291. The fourth-order valence-corrected chi connectivity index (χ4v) is 1.96. The second-order valence-corrected chi connectivity index (χ2v) is 9.27. The predicted molar refractivity (Wildman–Crippen MR) is 114 cm³/mol. The largest absolute Gasteiger partial charge is 0.504 e. The topological polar surface area (TPSA) is 93.1 Å². The molecule has 2 aromatic carbocycles. The number of halogens is 1. The van der Waals surface area contributed by atoms with Gasteiger partial charge in [-0.2, -0.15) is 0 Å². The Bertz CT molecular complexity index is 862. The second-order valence-electron chi connectivity index (χ2n) is 8.36. The lowest BCUT2D eigenvalue weighted by atomic mass is 9.97. The smallest absolute Gasteiger partial charge is 0.316 e. The number of para-hydroxylation sites is 2. The molecule has 0 aliphatic rings. The number of carbonyl (C=O) groups is 2. The van der Waals surface area contributed by atoms with E-state index in [1.807, 2.05) is 0 Å². The van der Waals surface area contributed by atoms with Crippen molar-refractivity contribution in [3.8, 4) is 23.0 Å². The van der Waals surface area contributed by atoms with E-state index in [0.29, 0.717) is 0 Å². The van der Waals surface area contributed by atoms with Gasteiger partial charge >= 0.3 is 11.9 Å². The lowest BCUT2D eigenvalue weighted by molar-refractivity contribution is -0.143. The molecule has 0 spiro atoms. The molecule has 0 fully saturated rings. The van der Waals surface area contributed by atoms with Crippen LogP contribution in [0.25, 0.3) is 0 Å². The van der Waals surface area contributed by atoms with E-state index in [-0.39, 0.29) is 34.9 Å². The van der Waals surface area contributed by atoms with Crippen LogP contribution >= 0.6 is 15.9 Å². The Morgan fingerprint density at radius 3 is 1.69 bits per heavy atom. The van der Waals surface area contributed by atoms with Crippen molar-refractivity contribution < 1.29 is 29.3 Å². The Morgan fingerprint density at radius 1 is 0.759 bits per heavy atom. The number of hydrogen-bond donors (Lipinski definition) is 2. The molecule has 0 unspecified atom stereocenters. The van der Waals surface area contributed by atoms with Gasteiger partial charge in [0.1, 0.15) is 0 Å². The molecule has 0 heterocycles. The first-order chi connectivity index (χ1) is 13.2. The molecular formula is C22H27BrO6. The van der Waals surface area contributed by atoms with Crippen LogP contribution in [0.4, 0.5) is 0 Å². The first kappa shape index (κ1) is 24.5. The number of carbonyl (C=O) groups excluding carboxylic acids is 2. The van der Waals surface area contributed by atoms with Gasteiger partial charge in [-0.3, -0.25) is 9.59 Å². The molecule has 2 N–H and O–H groups in total. The maximum absolute atomic E-state index is 11.5. The van der Waals surface area contributed by atoms with E-state index >= 15 is 0 Å². The number of phenols is 2. The molecular weight excluding hydrogens is 440 g/mol. The maximum Gasteiger partial charge on any atom is 0.316 e. The van der Waals surface area contributed by atoms with Gasteiger partial charge in [-0.25, -0.2) is 0 Å². The molecule has 7 heteroatoms. The van der Waals surface area contributed by atoms with Crippen LogP contribution in [0.5, 0.6) is 23.0 Å². The predicted octanol–water partition coefficient (Wildman–Crippen LogP) is 5.45. The zero-order chi connectivity index (χ0) is 22.4. The van der Waals surface area contributed by atoms with Gasteiger partial charge in [0.15, 0.2) is 23.0 Å². The summed E-state index contributed by atoms with van der Waals surface area (Å²) in [5.74, 6) is -0.437. The van der Waals surface area contributed by atoms with Crippen molar-refractivity contribution in [1.29, 1.82) is 0 Å². The Labute approximate surface area is 179 Å². The van der Waals surface area contributed by atoms with E-state index in [9.17, 15) is 19.8 Å². The third-order valence-corrected chi connectivity index (χ3v) is 3.91. The minimum Gasteiger partial charge on any atom is -0.504 e. The summed E-state index contributed by atoms with van der Waals surface area (Å²) >= 11 is 3.23. The van der Waals surface area contributed by atoms with Crippen LogP contribution in [0.3, 0.4) is 0 Å².